The summed E-state index contributed by atoms with van der Waals surface area (Å²) in [4.78, 5) is 16.5. The van der Waals surface area contributed by atoms with Crippen LogP contribution in [0.25, 0.3) is 11.5 Å². The van der Waals surface area contributed by atoms with Crippen LogP contribution in [0.2, 0.25) is 0 Å². The molecular formula is C21H19F4N3O3S. The monoisotopic (exact) mass is 469 g/mol. The predicted octanol–water partition coefficient (Wildman–Crippen LogP) is 4.62. The lowest BCUT2D eigenvalue weighted by Gasteiger charge is -2.16. The topological polar surface area (TPSA) is 84.2 Å². The lowest BCUT2D eigenvalue weighted by Crippen LogP contribution is -2.28. The van der Waals surface area contributed by atoms with Crippen LogP contribution in [0.3, 0.4) is 0 Å². The summed E-state index contributed by atoms with van der Waals surface area (Å²) in [6, 6.07) is 7.14. The van der Waals surface area contributed by atoms with E-state index in [1.807, 2.05) is 0 Å². The van der Waals surface area contributed by atoms with Gasteiger partial charge < -0.3 is 14.5 Å². The summed E-state index contributed by atoms with van der Waals surface area (Å²) < 4.78 is 72.3. The average Bonchev–Trinajstić information content (AvgIpc) is 3.26. The normalized spacial score (nSPS) is 13.4. The molecule has 2 unspecified atom stereocenters. The number of carbonyl (C=O) groups is 1. The minimum Gasteiger partial charge on any atom is -0.445 e. The molecule has 2 atom stereocenters. The molecule has 0 saturated heterocycles. The number of halogens is 4. The maximum atomic E-state index is 14.2. The Morgan fingerprint density at radius 2 is 1.97 bits per heavy atom. The van der Waals surface area contributed by atoms with E-state index in [1.165, 1.54) is 36.9 Å². The van der Waals surface area contributed by atoms with Crippen molar-refractivity contribution < 1.29 is 31.0 Å². The number of benzene rings is 2. The zero-order valence-corrected chi connectivity index (χ0v) is 17.8. The van der Waals surface area contributed by atoms with Gasteiger partial charge >= 0.3 is 6.18 Å². The van der Waals surface area contributed by atoms with E-state index in [1.54, 1.807) is 6.92 Å². The molecule has 32 heavy (non-hydrogen) atoms. The van der Waals surface area contributed by atoms with Crippen LogP contribution in [0.15, 0.2) is 53.3 Å². The van der Waals surface area contributed by atoms with Crippen molar-refractivity contribution in [3.8, 4) is 11.5 Å². The molecule has 2 N–H and O–H groups in total. The third kappa shape index (κ3) is 5.52. The minimum atomic E-state index is -4.55. The molecule has 3 aromatic rings. The molecule has 0 aliphatic carbocycles. The summed E-state index contributed by atoms with van der Waals surface area (Å²) in [5.74, 6) is -1.87. The summed E-state index contributed by atoms with van der Waals surface area (Å²) >= 11 is 0. The first-order valence-corrected chi connectivity index (χ1v) is 10.9. The van der Waals surface area contributed by atoms with Gasteiger partial charge in [0.25, 0.3) is 0 Å². The second-order valence-corrected chi connectivity index (χ2v) is 8.05. The molecule has 0 saturated carbocycles. The smallest absolute Gasteiger partial charge is 0.416 e. The molecule has 0 bridgehead atoms. The van der Waals surface area contributed by atoms with E-state index in [2.05, 4.69) is 15.0 Å². The molecule has 0 spiro atoms. The van der Waals surface area contributed by atoms with E-state index in [4.69, 9.17) is 4.42 Å². The van der Waals surface area contributed by atoms with E-state index in [0.717, 1.165) is 18.2 Å². The zero-order valence-electron chi connectivity index (χ0n) is 17.0. The number of carbonyl (C=O) groups excluding carboxylic acids is 1. The summed E-state index contributed by atoms with van der Waals surface area (Å²) in [6.07, 6.45) is -0.646. The van der Waals surface area contributed by atoms with Crippen molar-refractivity contribution in [2.24, 2.45) is 0 Å². The number of oxazole rings is 1. The molecule has 3 rings (SSSR count). The second kappa shape index (κ2) is 9.51. The average molecular weight is 469 g/mol. The van der Waals surface area contributed by atoms with Gasteiger partial charge in [-0.15, -0.1) is 0 Å². The number of nitrogens with zero attached hydrogens (tertiary/aromatic N) is 1. The SMILES string of the molecule is CC(C(=O)NCc1ccc(C(F)(F)F)cc1-c1ncco1)c1ccc(NS(C)=O)c(F)c1. The molecule has 6 nitrogen and oxygen atoms in total. The summed E-state index contributed by atoms with van der Waals surface area (Å²) in [5.41, 5.74) is 0.0330. The summed E-state index contributed by atoms with van der Waals surface area (Å²) in [6.45, 7) is 1.48. The van der Waals surface area contributed by atoms with Gasteiger partial charge in [0.15, 0.2) is 0 Å². The molecule has 0 radical (unpaired) electrons. The summed E-state index contributed by atoms with van der Waals surface area (Å²) in [5, 5.41) is 2.65. The van der Waals surface area contributed by atoms with Gasteiger partial charge in [0.05, 0.1) is 23.4 Å². The number of hydrogen-bond acceptors (Lipinski definition) is 4. The second-order valence-electron chi connectivity index (χ2n) is 6.94. The maximum Gasteiger partial charge on any atom is 0.416 e. The van der Waals surface area contributed by atoms with Gasteiger partial charge in [-0.3, -0.25) is 4.79 Å². The highest BCUT2D eigenvalue weighted by molar-refractivity contribution is 7.85. The fourth-order valence-electron chi connectivity index (χ4n) is 2.99. The molecule has 2 aromatic carbocycles. The van der Waals surface area contributed by atoms with Crippen molar-refractivity contribution in [1.82, 2.24) is 10.3 Å². The number of amides is 1. The number of anilines is 1. The van der Waals surface area contributed by atoms with Crippen LogP contribution in [0, 0.1) is 5.82 Å². The first-order chi connectivity index (χ1) is 15.1. The van der Waals surface area contributed by atoms with Crippen molar-refractivity contribution in [2.45, 2.75) is 25.6 Å². The molecule has 170 valence electrons. The molecule has 0 aliphatic rings. The standard InChI is InChI=1S/C21H19F4N3O3S/c1-12(13-4-6-18(17(22)9-13)28-32(2)30)19(29)27-11-14-3-5-15(21(23,24)25)10-16(14)20-26-7-8-31-20/h3-10,12,28H,11H2,1-2H3,(H,27,29). The Bertz CT molecular complexity index is 1130. The Kier molecular flexibility index (Phi) is 6.97. The van der Waals surface area contributed by atoms with Crippen LogP contribution in [0.5, 0.6) is 0 Å². The molecule has 1 aromatic heterocycles. The highest BCUT2D eigenvalue weighted by atomic mass is 32.2. The Balaban J connectivity index is 1.77. The largest absolute Gasteiger partial charge is 0.445 e. The number of hydrogen-bond donors (Lipinski definition) is 2. The Morgan fingerprint density at radius 1 is 1.22 bits per heavy atom. The molecule has 1 heterocycles. The Morgan fingerprint density at radius 3 is 2.56 bits per heavy atom. The van der Waals surface area contributed by atoms with E-state index >= 15 is 0 Å². The number of nitrogens with one attached hydrogen (secondary N) is 2. The highest BCUT2D eigenvalue weighted by Crippen LogP contribution is 2.33. The van der Waals surface area contributed by atoms with E-state index in [-0.39, 0.29) is 23.7 Å². The molecule has 0 fully saturated rings. The van der Waals surface area contributed by atoms with E-state index < -0.39 is 40.4 Å². The fourth-order valence-corrected chi connectivity index (χ4v) is 3.46. The molecule has 1 amide bonds. The number of aromatic nitrogens is 1. The van der Waals surface area contributed by atoms with Gasteiger partial charge in [-0.25, -0.2) is 13.6 Å². The van der Waals surface area contributed by atoms with Crippen LogP contribution < -0.4 is 10.0 Å². The molecule has 11 heteroatoms. The van der Waals surface area contributed by atoms with E-state index in [0.29, 0.717) is 11.1 Å². The first-order valence-electron chi connectivity index (χ1n) is 9.33. The van der Waals surface area contributed by atoms with Gasteiger partial charge in [0.2, 0.25) is 11.8 Å². The maximum absolute atomic E-state index is 14.2. The van der Waals surface area contributed by atoms with Crippen molar-refractivity contribution in [3.05, 3.63) is 71.4 Å². The molecular weight excluding hydrogens is 450 g/mol. The van der Waals surface area contributed by atoms with Crippen molar-refractivity contribution in [1.29, 1.82) is 0 Å². The van der Waals surface area contributed by atoms with Gasteiger partial charge in [-0.1, -0.05) is 12.1 Å². The van der Waals surface area contributed by atoms with Crippen LogP contribution >= 0.6 is 0 Å². The van der Waals surface area contributed by atoms with Crippen molar-refractivity contribution in [2.75, 3.05) is 11.0 Å². The van der Waals surface area contributed by atoms with Gasteiger partial charge in [0.1, 0.15) is 23.1 Å². The zero-order chi connectivity index (χ0) is 23.5. The lowest BCUT2D eigenvalue weighted by molar-refractivity contribution is -0.137. The first kappa shape index (κ1) is 23.5. The highest BCUT2D eigenvalue weighted by Gasteiger charge is 2.31. The number of alkyl halides is 3. The van der Waals surface area contributed by atoms with Crippen molar-refractivity contribution in [3.63, 3.8) is 0 Å². The number of rotatable bonds is 7. The molecule has 0 aliphatic heterocycles. The van der Waals surface area contributed by atoms with Crippen LogP contribution in [0.1, 0.15) is 29.5 Å². The predicted molar refractivity (Wildman–Crippen MR) is 111 cm³/mol. The third-order valence-electron chi connectivity index (χ3n) is 4.69. The van der Waals surface area contributed by atoms with Crippen molar-refractivity contribution >= 4 is 22.6 Å². The third-order valence-corrected chi connectivity index (χ3v) is 5.20. The minimum absolute atomic E-state index is 0.00753. The lowest BCUT2D eigenvalue weighted by atomic mass is 9.99. The summed E-state index contributed by atoms with van der Waals surface area (Å²) in [7, 11) is -1.45. The van der Waals surface area contributed by atoms with E-state index in [9.17, 15) is 26.6 Å². The van der Waals surface area contributed by atoms with Gasteiger partial charge in [-0.2, -0.15) is 13.2 Å². The quantitative estimate of drug-likeness (QED) is 0.495. The van der Waals surface area contributed by atoms with Crippen LogP contribution in [-0.4, -0.2) is 21.4 Å². The van der Waals surface area contributed by atoms with Gasteiger partial charge in [-0.05, 0) is 42.3 Å². The van der Waals surface area contributed by atoms with Crippen LogP contribution in [0.4, 0.5) is 23.2 Å². The van der Waals surface area contributed by atoms with Gasteiger partial charge in [0, 0.05) is 18.4 Å². The fraction of sp³-hybridized carbons (Fsp3) is 0.238. The Hall–Kier alpha value is -3.21. The van der Waals surface area contributed by atoms with Crippen LogP contribution in [-0.2, 0) is 28.5 Å². The Labute approximate surface area is 183 Å².